The summed E-state index contributed by atoms with van der Waals surface area (Å²) in [7, 11) is 0. The highest BCUT2D eigenvalue weighted by atomic mass is 16.6. The lowest BCUT2D eigenvalue weighted by atomic mass is 9.97. The minimum Gasteiger partial charge on any atom is -0.423 e. The van der Waals surface area contributed by atoms with E-state index in [1.165, 1.54) is 30.3 Å². The molecule has 138 valence electrons. The molecule has 0 amide bonds. The Hall–Kier alpha value is -3.99. The number of allylic oxidation sites excluding steroid dienone is 2. The van der Waals surface area contributed by atoms with Gasteiger partial charge >= 0.3 is 5.97 Å². The summed E-state index contributed by atoms with van der Waals surface area (Å²) in [6.45, 7) is 0. The highest BCUT2D eigenvalue weighted by molar-refractivity contribution is 5.86. The SMILES string of the molecule is O=C(/C=C/C=C(c1ccccc1)c1ccccc1)Oc1ccc([N+](=O)[O-])cc1. The van der Waals surface area contributed by atoms with Crippen molar-refractivity contribution in [3.8, 4) is 5.75 Å². The van der Waals surface area contributed by atoms with Crippen LogP contribution in [-0.4, -0.2) is 10.9 Å². The molecule has 28 heavy (non-hydrogen) atoms. The topological polar surface area (TPSA) is 69.4 Å². The number of nitro groups is 1. The van der Waals surface area contributed by atoms with E-state index >= 15 is 0 Å². The average molecular weight is 371 g/mol. The van der Waals surface area contributed by atoms with Crippen molar-refractivity contribution in [3.05, 3.63) is 124 Å². The number of carbonyl (C=O) groups is 1. The Morgan fingerprint density at radius 3 is 1.86 bits per heavy atom. The first-order valence-electron chi connectivity index (χ1n) is 8.59. The van der Waals surface area contributed by atoms with E-state index in [4.69, 9.17) is 4.74 Å². The molecule has 5 heteroatoms. The zero-order chi connectivity index (χ0) is 19.8. The second-order valence-electron chi connectivity index (χ2n) is 5.84. The smallest absolute Gasteiger partial charge is 0.336 e. The van der Waals surface area contributed by atoms with Crippen LogP contribution in [0.1, 0.15) is 11.1 Å². The molecule has 0 N–H and O–H groups in total. The fourth-order valence-corrected chi connectivity index (χ4v) is 2.60. The zero-order valence-corrected chi connectivity index (χ0v) is 14.9. The van der Waals surface area contributed by atoms with Gasteiger partial charge in [-0.05, 0) is 28.8 Å². The van der Waals surface area contributed by atoms with Gasteiger partial charge in [-0.25, -0.2) is 4.79 Å². The Labute approximate surface area is 162 Å². The molecule has 0 aliphatic carbocycles. The predicted molar refractivity (Wildman–Crippen MR) is 108 cm³/mol. The maximum atomic E-state index is 12.0. The molecule has 3 aromatic carbocycles. The van der Waals surface area contributed by atoms with Gasteiger partial charge < -0.3 is 4.74 Å². The summed E-state index contributed by atoms with van der Waals surface area (Å²) < 4.78 is 5.16. The molecule has 0 saturated heterocycles. The number of nitro benzene ring substituents is 1. The second kappa shape index (κ2) is 9.09. The highest BCUT2D eigenvalue weighted by Gasteiger charge is 2.07. The van der Waals surface area contributed by atoms with Gasteiger partial charge in [0, 0.05) is 18.2 Å². The van der Waals surface area contributed by atoms with Crippen LogP contribution in [0, 0.1) is 10.1 Å². The standard InChI is InChI=1S/C23H17NO4/c25-23(28-21-16-14-20(15-17-21)24(26)27)13-7-12-22(18-8-3-1-4-9-18)19-10-5-2-6-11-19/h1-17H/b13-7+. The van der Waals surface area contributed by atoms with Gasteiger partial charge in [0.25, 0.3) is 5.69 Å². The molecule has 0 aliphatic heterocycles. The summed E-state index contributed by atoms with van der Waals surface area (Å²) in [5.74, 6) is -0.318. The van der Waals surface area contributed by atoms with E-state index in [2.05, 4.69) is 0 Å². The molecule has 0 aromatic heterocycles. The normalized spacial score (nSPS) is 10.4. The maximum Gasteiger partial charge on any atom is 0.336 e. The van der Waals surface area contributed by atoms with Crippen LogP contribution in [-0.2, 0) is 4.79 Å². The minimum atomic E-state index is -0.564. The molecular weight excluding hydrogens is 354 g/mol. The molecule has 0 fully saturated rings. The molecule has 0 bridgehead atoms. The van der Waals surface area contributed by atoms with Crippen molar-refractivity contribution in [2.75, 3.05) is 0 Å². The van der Waals surface area contributed by atoms with Crippen LogP contribution < -0.4 is 4.74 Å². The van der Waals surface area contributed by atoms with Gasteiger partial charge in [-0.15, -0.1) is 0 Å². The summed E-state index contributed by atoms with van der Waals surface area (Å²) >= 11 is 0. The van der Waals surface area contributed by atoms with E-state index in [1.54, 1.807) is 6.08 Å². The van der Waals surface area contributed by atoms with Gasteiger partial charge in [-0.3, -0.25) is 10.1 Å². The molecule has 0 aliphatic rings. The third-order valence-electron chi connectivity index (χ3n) is 3.93. The van der Waals surface area contributed by atoms with Crippen LogP contribution in [0.5, 0.6) is 5.75 Å². The first-order chi connectivity index (χ1) is 13.6. The van der Waals surface area contributed by atoms with E-state index in [1.807, 2.05) is 66.7 Å². The van der Waals surface area contributed by atoms with E-state index in [-0.39, 0.29) is 11.4 Å². The van der Waals surface area contributed by atoms with Gasteiger partial charge in [0.1, 0.15) is 5.75 Å². The molecule has 0 saturated carbocycles. The molecule has 0 spiro atoms. The first kappa shape index (κ1) is 18.8. The third-order valence-corrected chi connectivity index (χ3v) is 3.93. The predicted octanol–water partition coefficient (Wildman–Crippen LogP) is 5.19. The van der Waals surface area contributed by atoms with Crippen molar-refractivity contribution in [3.63, 3.8) is 0 Å². The van der Waals surface area contributed by atoms with E-state index in [9.17, 15) is 14.9 Å². The molecule has 0 atom stereocenters. The number of nitrogens with zero attached hydrogens (tertiary/aromatic N) is 1. The first-order valence-corrected chi connectivity index (χ1v) is 8.59. The Balaban J connectivity index is 1.75. The lowest BCUT2D eigenvalue weighted by molar-refractivity contribution is -0.384. The van der Waals surface area contributed by atoms with Crippen LogP contribution in [0.4, 0.5) is 5.69 Å². The van der Waals surface area contributed by atoms with Crippen LogP contribution in [0.2, 0.25) is 0 Å². The Morgan fingerprint density at radius 1 is 0.821 bits per heavy atom. The van der Waals surface area contributed by atoms with Crippen LogP contribution >= 0.6 is 0 Å². The number of ether oxygens (including phenoxy) is 1. The van der Waals surface area contributed by atoms with Gasteiger partial charge in [-0.2, -0.15) is 0 Å². The van der Waals surface area contributed by atoms with Crippen molar-refractivity contribution in [1.82, 2.24) is 0 Å². The number of esters is 1. The van der Waals surface area contributed by atoms with Crippen molar-refractivity contribution in [2.45, 2.75) is 0 Å². The largest absolute Gasteiger partial charge is 0.423 e. The molecule has 3 rings (SSSR count). The molecule has 0 radical (unpaired) electrons. The van der Waals surface area contributed by atoms with E-state index in [0.717, 1.165) is 16.7 Å². The monoisotopic (exact) mass is 371 g/mol. The van der Waals surface area contributed by atoms with Crippen molar-refractivity contribution >= 4 is 17.2 Å². The van der Waals surface area contributed by atoms with Crippen LogP contribution in [0.3, 0.4) is 0 Å². The summed E-state index contributed by atoms with van der Waals surface area (Å²) in [6, 6.07) is 25.1. The van der Waals surface area contributed by atoms with Crippen LogP contribution in [0.25, 0.3) is 5.57 Å². The number of non-ortho nitro benzene ring substituents is 1. The maximum absolute atomic E-state index is 12.0. The molecule has 3 aromatic rings. The Kier molecular flexibility index (Phi) is 6.10. The van der Waals surface area contributed by atoms with E-state index in [0.29, 0.717) is 0 Å². The number of carbonyl (C=O) groups excluding carboxylic acids is 1. The number of hydrogen-bond acceptors (Lipinski definition) is 4. The van der Waals surface area contributed by atoms with Crippen molar-refractivity contribution in [2.24, 2.45) is 0 Å². The number of hydrogen-bond donors (Lipinski definition) is 0. The van der Waals surface area contributed by atoms with Crippen LogP contribution in [0.15, 0.2) is 103 Å². The minimum absolute atomic E-state index is 0.0614. The quantitative estimate of drug-likeness (QED) is 0.149. The molecule has 5 nitrogen and oxygen atoms in total. The van der Waals surface area contributed by atoms with Gasteiger partial charge in [0.15, 0.2) is 0 Å². The van der Waals surface area contributed by atoms with Crippen molar-refractivity contribution < 1.29 is 14.5 Å². The highest BCUT2D eigenvalue weighted by Crippen LogP contribution is 2.23. The summed E-state index contributed by atoms with van der Waals surface area (Å²) in [5.41, 5.74) is 2.97. The number of benzene rings is 3. The summed E-state index contributed by atoms with van der Waals surface area (Å²) in [4.78, 5) is 22.2. The van der Waals surface area contributed by atoms with Gasteiger partial charge in [0.05, 0.1) is 4.92 Å². The lowest BCUT2D eigenvalue weighted by Gasteiger charge is -2.07. The Morgan fingerprint density at radius 2 is 1.36 bits per heavy atom. The fourth-order valence-electron chi connectivity index (χ4n) is 2.60. The summed E-state index contributed by atoms with van der Waals surface area (Å²) in [5, 5.41) is 10.7. The third kappa shape index (κ3) is 5.02. The fraction of sp³-hybridized carbons (Fsp3) is 0. The van der Waals surface area contributed by atoms with Gasteiger partial charge in [-0.1, -0.05) is 72.8 Å². The Bertz CT molecular complexity index is 966. The van der Waals surface area contributed by atoms with E-state index < -0.39 is 10.9 Å². The number of rotatable bonds is 6. The lowest BCUT2D eigenvalue weighted by Crippen LogP contribution is -2.03. The van der Waals surface area contributed by atoms with Gasteiger partial charge in [0.2, 0.25) is 0 Å². The average Bonchev–Trinajstić information content (AvgIpc) is 2.73. The van der Waals surface area contributed by atoms with Crippen molar-refractivity contribution in [1.29, 1.82) is 0 Å². The molecule has 0 heterocycles. The summed E-state index contributed by atoms with van der Waals surface area (Å²) in [6.07, 6.45) is 4.79. The second-order valence-corrected chi connectivity index (χ2v) is 5.84. The zero-order valence-electron chi connectivity index (χ0n) is 14.9. The molecular formula is C23H17NO4. The molecule has 0 unspecified atom stereocenters.